The van der Waals surface area contributed by atoms with Crippen molar-refractivity contribution in [1.82, 2.24) is 9.38 Å². The molecule has 0 bridgehead atoms. The standard InChI is InChI=1S/C22H22N2O/c1-15(2)19-9-5-7-16-6-3-4-8-20(16)22(19)17-10-11-24-13-18(14-25)23-21(24)12-17/h3-4,6,8,10-15H,5,7,9H2,1-2H3. The Morgan fingerprint density at radius 1 is 1.16 bits per heavy atom. The molecular formula is C22H22N2O. The molecule has 1 aliphatic rings. The number of aromatic nitrogens is 2. The van der Waals surface area contributed by atoms with E-state index in [-0.39, 0.29) is 0 Å². The fourth-order valence-corrected chi connectivity index (χ4v) is 3.88. The Hall–Kier alpha value is -2.68. The van der Waals surface area contributed by atoms with Gasteiger partial charge in [0.15, 0.2) is 6.29 Å². The van der Waals surface area contributed by atoms with Crippen molar-refractivity contribution >= 4 is 17.5 Å². The van der Waals surface area contributed by atoms with Crippen molar-refractivity contribution in [2.24, 2.45) is 5.92 Å². The molecule has 0 saturated heterocycles. The van der Waals surface area contributed by atoms with Crippen LogP contribution in [-0.2, 0) is 6.42 Å². The van der Waals surface area contributed by atoms with Gasteiger partial charge in [0.05, 0.1) is 0 Å². The lowest BCUT2D eigenvalue weighted by atomic mass is 9.87. The van der Waals surface area contributed by atoms with Crippen LogP contribution in [0.15, 0.2) is 54.4 Å². The van der Waals surface area contributed by atoms with Gasteiger partial charge in [-0.25, -0.2) is 4.98 Å². The molecule has 1 aromatic carbocycles. The third kappa shape index (κ3) is 2.80. The molecule has 0 spiro atoms. The van der Waals surface area contributed by atoms with Crippen LogP contribution in [0.4, 0.5) is 0 Å². The number of aldehydes is 1. The fraction of sp³-hybridized carbons (Fsp3) is 0.273. The molecule has 0 unspecified atom stereocenters. The third-order valence-electron chi connectivity index (χ3n) is 5.09. The highest BCUT2D eigenvalue weighted by Crippen LogP contribution is 2.38. The summed E-state index contributed by atoms with van der Waals surface area (Å²) in [5, 5.41) is 0. The van der Waals surface area contributed by atoms with Gasteiger partial charge in [0, 0.05) is 12.4 Å². The highest BCUT2D eigenvalue weighted by Gasteiger charge is 2.20. The second kappa shape index (κ2) is 6.32. The molecule has 4 rings (SSSR count). The quantitative estimate of drug-likeness (QED) is 0.637. The van der Waals surface area contributed by atoms with E-state index < -0.39 is 0 Å². The van der Waals surface area contributed by atoms with Crippen molar-refractivity contribution in [2.75, 3.05) is 0 Å². The molecular weight excluding hydrogens is 308 g/mol. The Labute approximate surface area is 148 Å². The first-order valence-corrected chi connectivity index (χ1v) is 8.93. The van der Waals surface area contributed by atoms with Gasteiger partial charge < -0.3 is 4.40 Å². The van der Waals surface area contributed by atoms with Crippen molar-refractivity contribution in [2.45, 2.75) is 33.1 Å². The smallest absolute Gasteiger partial charge is 0.170 e. The monoisotopic (exact) mass is 330 g/mol. The average molecular weight is 330 g/mol. The first-order chi connectivity index (χ1) is 12.2. The van der Waals surface area contributed by atoms with Crippen LogP contribution in [0.25, 0.3) is 11.2 Å². The van der Waals surface area contributed by atoms with Gasteiger partial charge in [-0.05, 0) is 59.6 Å². The molecule has 0 atom stereocenters. The number of hydrogen-bond donors (Lipinski definition) is 0. The number of allylic oxidation sites excluding steroid dienone is 1. The van der Waals surface area contributed by atoms with Gasteiger partial charge >= 0.3 is 0 Å². The van der Waals surface area contributed by atoms with Crippen LogP contribution in [0.1, 0.15) is 53.9 Å². The summed E-state index contributed by atoms with van der Waals surface area (Å²) in [4.78, 5) is 15.4. The Morgan fingerprint density at radius 2 is 2.00 bits per heavy atom. The van der Waals surface area contributed by atoms with E-state index in [2.05, 4.69) is 55.2 Å². The van der Waals surface area contributed by atoms with Crippen LogP contribution in [0.5, 0.6) is 0 Å². The SMILES string of the molecule is CC(C)C1=C(c2ccn3cc(C=O)nc3c2)c2ccccc2CCC1. The highest BCUT2D eigenvalue weighted by atomic mass is 16.1. The van der Waals surface area contributed by atoms with Gasteiger partial charge in [0.25, 0.3) is 0 Å². The minimum Gasteiger partial charge on any atom is -0.306 e. The molecule has 1 aliphatic carbocycles. The van der Waals surface area contributed by atoms with Crippen molar-refractivity contribution in [1.29, 1.82) is 0 Å². The van der Waals surface area contributed by atoms with Gasteiger partial charge in [-0.3, -0.25) is 4.79 Å². The van der Waals surface area contributed by atoms with Crippen molar-refractivity contribution in [3.63, 3.8) is 0 Å². The van der Waals surface area contributed by atoms with Crippen LogP contribution in [0.3, 0.4) is 0 Å². The number of imidazole rings is 1. The van der Waals surface area contributed by atoms with E-state index in [0.29, 0.717) is 11.6 Å². The topological polar surface area (TPSA) is 34.4 Å². The molecule has 3 aromatic rings. The maximum Gasteiger partial charge on any atom is 0.170 e. The van der Waals surface area contributed by atoms with Gasteiger partial charge in [0.2, 0.25) is 0 Å². The summed E-state index contributed by atoms with van der Waals surface area (Å²) in [6.07, 6.45) is 8.01. The summed E-state index contributed by atoms with van der Waals surface area (Å²) in [6.45, 7) is 4.56. The second-order valence-corrected chi connectivity index (χ2v) is 7.03. The number of hydrogen-bond acceptors (Lipinski definition) is 2. The van der Waals surface area contributed by atoms with Gasteiger partial charge in [-0.15, -0.1) is 0 Å². The summed E-state index contributed by atoms with van der Waals surface area (Å²) in [7, 11) is 0. The number of carbonyl (C=O) groups excluding carboxylic acids is 1. The number of nitrogens with zero attached hydrogens (tertiary/aromatic N) is 2. The van der Waals surface area contributed by atoms with Crippen LogP contribution in [-0.4, -0.2) is 15.7 Å². The van der Waals surface area contributed by atoms with Crippen molar-refractivity contribution in [3.8, 4) is 0 Å². The molecule has 2 aromatic heterocycles. The normalized spacial score (nSPS) is 14.7. The number of carbonyl (C=O) groups is 1. The molecule has 126 valence electrons. The molecule has 25 heavy (non-hydrogen) atoms. The summed E-state index contributed by atoms with van der Waals surface area (Å²) >= 11 is 0. The van der Waals surface area contributed by atoms with Crippen molar-refractivity contribution < 1.29 is 4.79 Å². The van der Waals surface area contributed by atoms with Crippen LogP contribution in [0, 0.1) is 5.92 Å². The lowest BCUT2D eigenvalue weighted by Gasteiger charge is -2.18. The third-order valence-corrected chi connectivity index (χ3v) is 5.09. The Kier molecular flexibility index (Phi) is 4.00. The van der Waals surface area contributed by atoms with Crippen LogP contribution >= 0.6 is 0 Å². The van der Waals surface area contributed by atoms with Crippen LogP contribution < -0.4 is 0 Å². The van der Waals surface area contributed by atoms with Gasteiger partial charge in [0.1, 0.15) is 11.3 Å². The molecule has 0 N–H and O–H groups in total. The maximum absolute atomic E-state index is 11.0. The maximum atomic E-state index is 11.0. The molecule has 0 saturated carbocycles. The van der Waals surface area contributed by atoms with E-state index in [1.54, 1.807) is 6.20 Å². The van der Waals surface area contributed by atoms with Crippen LogP contribution in [0.2, 0.25) is 0 Å². The lowest BCUT2D eigenvalue weighted by Crippen LogP contribution is -2.01. The molecule has 0 radical (unpaired) electrons. The van der Waals surface area contributed by atoms with E-state index in [0.717, 1.165) is 24.8 Å². The summed E-state index contributed by atoms with van der Waals surface area (Å²) < 4.78 is 1.91. The van der Waals surface area contributed by atoms with E-state index in [4.69, 9.17) is 0 Å². The molecule has 0 fully saturated rings. The van der Waals surface area contributed by atoms with E-state index in [1.165, 1.54) is 34.3 Å². The first kappa shape index (κ1) is 15.8. The Balaban J connectivity index is 1.97. The van der Waals surface area contributed by atoms with E-state index in [9.17, 15) is 4.79 Å². The predicted octanol–water partition coefficient (Wildman–Crippen LogP) is 4.94. The lowest BCUT2D eigenvalue weighted by molar-refractivity contribution is 0.111. The zero-order chi connectivity index (χ0) is 17.4. The highest BCUT2D eigenvalue weighted by molar-refractivity contribution is 5.85. The number of rotatable bonds is 3. The number of aryl methyl sites for hydroxylation is 1. The molecule has 0 aliphatic heterocycles. The van der Waals surface area contributed by atoms with E-state index >= 15 is 0 Å². The number of benzene rings is 1. The van der Waals surface area contributed by atoms with Crippen molar-refractivity contribution in [3.05, 3.63) is 76.7 Å². The van der Waals surface area contributed by atoms with Gasteiger partial charge in [-0.1, -0.05) is 43.7 Å². The molecule has 0 amide bonds. The first-order valence-electron chi connectivity index (χ1n) is 8.93. The fourth-order valence-electron chi connectivity index (χ4n) is 3.88. The zero-order valence-corrected chi connectivity index (χ0v) is 14.7. The minimum absolute atomic E-state index is 0.469. The Morgan fingerprint density at radius 3 is 2.80 bits per heavy atom. The number of fused-ring (bicyclic) bond motifs is 2. The predicted molar refractivity (Wildman–Crippen MR) is 101 cm³/mol. The van der Waals surface area contributed by atoms with Gasteiger partial charge in [-0.2, -0.15) is 0 Å². The Bertz CT molecular complexity index is 979. The summed E-state index contributed by atoms with van der Waals surface area (Å²) in [6, 6.07) is 13.0. The summed E-state index contributed by atoms with van der Waals surface area (Å²) in [5.41, 5.74) is 8.10. The molecule has 2 heterocycles. The number of pyridine rings is 1. The average Bonchev–Trinajstić information content (AvgIpc) is 2.93. The largest absolute Gasteiger partial charge is 0.306 e. The minimum atomic E-state index is 0.469. The second-order valence-electron chi connectivity index (χ2n) is 7.03. The molecule has 3 heteroatoms. The molecule has 3 nitrogen and oxygen atoms in total. The zero-order valence-electron chi connectivity index (χ0n) is 14.7. The van der Waals surface area contributed by atoms with E-state index in [1.807, 2.05) is 10.6 Å². The summed E-state index contributed by atoms with van der Waals surface area (Å²) in [5.74, 6) is 0.502.